The molecular weight excluding hydrogens is 358 g/mol. The lowest BCUT2D eigenvalue weighted by molar-refractivity contribution is -0.148. The van der Waals surface area contributed by atoms with Gasteiger partial charge in [-0.2, -0.15) is 0 Å². The van der Waals surface area contributed by atoms with Crippen molar-refractivity contribution in [3.8, 4) is 0 Å². The first kappa shape index (κ1) is 18.0. The van der Waals surface area contributed by atoms with Gasteiger partial charge >= 0.3 is 5.97 Å². The van der Waals surface area contributed by atoms with Crippen molar-refractivity contribution in [3.63, 3.8) is 0 Å². The predicted octanol–water partition coefficient (Wildman–Crippen LogP) is 3.48. The maximum absolute atomic E-state index is 12.0. The average Bonchev–Trinajstić information content (AvgIpc) is 2.52. The second-order valence-corrected chi connectivity index (χ2v) is 7.32. The number of halogens is 1. The number of rotatable bonds is 5. The van der Waals surface area contributed by atoms with Crippen molar-refractivity contribution in [2.75, 3.05) is 6.61 Å². The van der Waals surface area contributed by atoms with Crippen molar-refractivity contribution in [2.45, 2.75) is 45.6 Å². The van der Waals surface area contributed by atoms with Crippen LogP contribution < -0.4 is 5.32 Å². The first-order valence-corrected chi connectivity index (χ1v) is 8.94. The maximum atomic E-state index is 12.0. The number of ether oxygens (including phenoxy) is 1. The van der Waals surface area contributed by atoms with Gasteiger partial charge in [-0.15, -0.1) is 0 Å². The third-order valence-electron chi connectivity index (χ3n) is 4.68. The van der Waals surface area contributed by atoms with Gasteiger partial charge in [-0.1, -0.05) is 54.8 Å². The van der Waals surface area contributed by atoms with E-state index in [1.54, 1.807) is 0 Å². The van der Waals surface area contributed by atoms with Crippen molar-refractivity contribution >= 4 is 27.8 Å². The molecule has 1 amide bonds. The second kappa shape index (κ2) is 8.48. The van der Waals surface area contributed by atoms with Crippen LogP contribution in [0.2, 0.25) is 0 Å². The van der Waals surface area contributed by atoms with Crippen molar-refractivity contribution in [1.29, 1.82) is 0 Å². The Morgan fingerprint density at radius 3 is 2.61 bits per heavy atom. The molecule has 0 aliphatic heterocycles. The lowest BCUT2D eigenvalue weighted by atomic mass is 9.78. The summed E-state index contributed by atoms with van der Waals surface area (Å²) in [6.45, 7) is 4.20. The van der Waals surface area contributed by atoms with Gasteiger partial charge in [-0.25, -0.2) is 0 Å². The number of hydrogen-bond donors (Lipinski definition) is 1. The van der Waals surface area contributed by atoms with Crippen molar-refractivity contribution in [3.05, 3.63) is 34.3 Å². The number of nitrogens with one attached hydrogen (secondary N) is 1. The van der Waals surface area contributed by atoms with Crippen LogP contribution in [0.5, 0.6) is 0 Å². The summed E-state index contributed by atoms with van der Waals surface area (Å²) in [6.07, 6.45) is 3.54. The van der Waals surface area contributed by atoms with Gasteiger partial charge in [0, 0.05) is 10.5 Å². The molecule has 1 N–H and O–H groups in total. The molecule has 3 atom stereocenters. The molecule has 1 saturated carbocycles. The highest BCUT2D eigenvalue weighted by molar-refractivity contribution is 9.10. The summed E-state index contributed by atoms with van der Waals surface area (Å²) in [5, 5.41) is 3.00. The largest absolute Gasteiger partial charge is 0.455 e. The van der Waals surface area contributed by atoms with E-state index in [1.807, 2.05) is 24.3 Å². The third kappa shape index (κ3) is 5.65. The van der Waals surface area contributed by atoms with Gasteiger partial charge in [0.1, 0.15) is 0 Å². The quantitative estimate of drug-likeness (QED) is 0.794. The molecule has 1 aliphatic carbocycles. The van der Waals surface area contributed by atoms with Gasteiger partial charge in [0.05, 0.1) is 6.42 Å². The molecule has 23 heavy (non-hydrogen) atoms. The Hall–Kier alpha value is -1.36. The monoisotopic (exact) mass is 381 g/mol. The predicted molar refractivity (Wildman–Crippen MR) is 92.9 cm³/mol. The molecule has 0 radical (unpaired) electrons. The highest BCUT2D eigenvalue weighted by Crippen LogP contribution is 2.29. The Kier molecular flexibility index (Phi) is 6.63. The van der Waals surface area contributed by atoms with E-state index in [0.29, 0.717) is 11.8 Å². The number of hydrogen-bond acceptors (Lipinski definition) is 3. The molecule has 0 saturated heterocycles. The summed E-state index contributed by atoms with van der Waals surface area (Å²) >= 11 is 3.35. The molecule has 126 valence electrons. The Bertz CT molecular complexity index is 544. The van der Waals surface area contributed by atoms with Crippen LogP contribution in [0.3, 0.4) is 0 Å². The van der Waals surface area contributed by atoms with E-state index in [2.05, 4.69) is 35.1 Å². The Morgan fingerprint density at radius 2 is 1.91 bits per heavy atom. The van der Waals surface area contributed by atoms with Gasteiger partial charge in [-0.3, -0.25) is 9.59 Å². The zero-order valence-electron chi connectivity index (χ0n) is 13.7. The summed E-state index contributed by atoms with van der Waals surface area (Å²) in [5.41, 5.74) is 0.869. The summed E-state index contributed by atoms with van der Waals surface area (Å²) in [5.74, 6) is 0.493. The SMILES string of the molecule is C[C@@H]1[C@@H](NC(=O)COC(=O)Cc2ccc(Br)cc2)CCC[C@@H]1C. The number of carbonyl (C=O) groups is 2. The van der Waals surface area contributed by atoms with Crippen LogP contribution in [0.25, 0.3) is 0 Å². The summed E-state index contributed by atoms with van der Waals surface area (Å²) < 4.78 is 6.04. The lowest BCUT2D eigenvalue weighted by Crippen LogP contribution is -2.45. The number of carbonyl (C=O) groups excluding carboxylic acids is 2. The molecule has 4 nitrogen and oxygen atoms in total. The molecule has 2 rings (SSSR count). The zero-order valence-corrected chi connectivity index (χ0v) is 15.3. The highest BCUT2D eigenvalue weighted by atomic mass is 79.9. The van der Waals surface area contributed by atoms with Crippen LogP contribution in [0, 0.1) is 11.8 Å². The fourth-order valence-electron chi connectivity index (χ4n) is 3.00. The average molecular weight is 382 g/mol. The topological polar surface area (TPSA) is 55.4 Å². The van der Waals surface area contributed by atoms with E-state index in [9.17, 15) is 9.59 Å². The first-order chi connectivity index (χ1) is 11.0. The van der Waals surface area contributed by atoms with E-state index in [4.69, 9.17) is 4.74 Å². The normalized spacial score (nSPS) is 24.0. The van der Waals surface area contributed by atoms with Crippen LogP contribution >= 0.6 is 15.9 Å². The molecule has 1 aromatic rings. The van der Waals surface area contributed by atoms with E-state index in [1.165, 1.54) is 6.42 Å². The second-order valence-electron chi connectivity index (χ2n) is 6.41. The Labute approximate surface area is 146 Å². The zero-order chi connectivity index (χ0) is 16.8. The van der Waals surface area contributed by atoms with Gasteiger partial charge in [0.2, 0.25) is 0 Å². The minimum atomic E-state index is -0.382. The van der Waals surface area contributed by atoms with Gasteiger partial charge in [-0.05, 0) is 36.0 Å². The van der Waals surface area contributed by atoms with Crippen LogP contribution in [0.4, 0.5) is 0 Å². The molecule has 0 aromatic heterocycles. The highest BCUT2D eigenvalue weighted by Gasteiger charge is 2.28. The van der Waals surface area contributed by atoms with E-state index in [0.717, 1.165) is 22.9 Å². The van der Waals surface area contributed by atoms with Crippen LogP contribution in [-0.4, -0.2) is 24.5 Å². The minimum Gasteiger partial charge on any atom is -0.455 e. The van der Waals surface area contributed by atoms with Crippen molar-refractivity contribution in [2.24, 2.45) is 11.8 Å². The van der Waals surface area contributed by atoms with Gasteiger partial charge in [0.25, 0.3) is 5.91 Å². The molecule has 0 unspecified atom stereocenters. The maximum Gasteiger partial charge on any atom is 0.310 e. The molecule has 5 heteroatoms. The minimum absolute atomic E-state index is 0.178. The van der Waals surface area contributed by atoms with Crippen molar-refractivity contribution < 1.29 is 14.3 Å². The van der Waals surface area contributed by atoms with Crippen LogP contribution in [0.15, 0.2) is 28.7 Å². The Morgan fingerprint density at radius 1 is 1.22 bits per heavy atom. The molecule has 1 fully saturated rings. The summed E-state index contributed by atoms with van der Waals surface area (Å²) in [4.78, 5) is 23.8. The standard InChI is InChI=1S/C18H24BrNO3/c1-12-4-3-5-16(13(12)2)20-17(21)11-23-18(22)10-14-6-8-15(19)9-7-14/h6-9,12-13,16H,3-5,10-11H2,1-2H3,(H,20,21)/t12-,13-,16-/m0/s1. The van der Waals surface area contributed by atoms with E-state index in [-0.39, 0.29) is 30.9 Å². The first-order valence-electron chi connectivity index (χ1n) is 8.15. The summed E-state index contributed by atoms with van der Waals surface area (Å²) in [7, 11) is 0. The molecule has 1 aliphatic rings. The van der Waals surface area contributed by atoms with Crippen LogP contribution in [-0.2, 0) is 20.7 Å². The molecule has 1 aromatic carbocycles. The Balaban J connectivity index is 1.73. The number of amides is 1. The van der Waals surface area contributed by atoms with E-state index < -0.39 is 0 Å². The molecule has 0 bridgehead atoms. The van der Waals surface area contributed by atoms with Crippen molar-refractivity contribution in [1.82, 2.24) is 5.32 Å². The third-order valence-corrected chi connectivity index (χ3v) is 5.21. The van der Waals surface area contributed by atoms with E-state index >= 15 is 0 Å². The number of esters is 1. The number of benzene rings is 1. The van der Waals surface area contributed by atoms with Gasteiger partial charge < -0.3 is 10.1 Å². The fourth-order valence-corrected chi connectivity index (χ4v) is 3.26. The summed E-state index contributed by atoms with van der Waals surface area (Å²) in [6, 6.07) is 7.66. The molecule has 0 heterocycles. The van der Waals surface area contributed by atoms with Crippen LogP contribution in [0.1, 0.15) is 38.7 Å². The smallest absolute Gasteiger partial charge is 0.310 e. The molecular formula is C18H24BrNO3. The fraction of sp³-hybridized carbons (Fsp3) is 0.556. The molecule has 0 spiro atoms. The lowest BCUT2D eigenvalue weighted by Gasteiger charge is -2.34. The van der Waals surface area contributed by atoms with Gasteiger partial charge in [0.15, 0.2) is 6.61 Å².